The first-order valence-electron chi connectivity index (χ1n) is 5.58. The molecule has 0 fully saturated rings. The maximum atomic E-state index is 11.8. The number of aromatic hydroxyl groups is 1. The molecule has 1 aromatic carbocycles. The molecule has 1 aromatic heterocycles. The molecule has 92 valence electrons. The van der Waals surface area contributed by atoms with Crippen molar-refractivity contribution in [3.8, 4) is 5.75 Å². The third-order valence-electron chi connectivity index (χ3n) is 2.60. The zero-order valence-electron chi connectivity index (χ0n) is 10.3. The lowest BCUT2D eigenvalue weighted by Gasteiger charge is -1.96. The molecule has 0 unspecified atom stereocenters. The van der Waals surface area contributed by atoms with E-state index in [1.165, 1.54) is 18.2 Å². The Morgan fingerprint density at radius 2 is 2.00 bits per heavy atom. The second-order valence-corrected chi connectivity index (χ2v) is 4.08. The van der Waals surface area contributed by atoms with Crippen LogP contribution in [-0.2, 0) is 7.05 Å². The van der Waals surface area contributed by atoms with Crippen molar-refractivity contribution in [2.24, 2.45) is 7.05 Å². The highest BCUT2D eigenvalue weighted by Gasteiger charge is 2.02. The van der Waals surface area contributed by atoms with Crippen molar-refractivity contribution in [2.45, 2.75) is 6.92 Å². The normalized spacial score (nSPS) is 11.0. The number of aryl methyl sites for hydroxylation is 2. The Kier molecular flexibility index (Phi) is 3.28. The third kappa shape index (κ3) is 2.66. The lowest BCUT2D eigenvalue weighted by Crippen LogP contribution is -1.95. The van der Waals surface area contributed by atoms with Gasteiger partial charge in [-0.2, -0.15) is 5.10 Å². The molecule has 18 heavy (non-hydrogen) atoms. The molecule has 0 atom stereocenters. The van der Waals surface area contributed by atoms with Crippen molar-refractivity contribution in [3.05, 3.63) is 53.4 Å². The van der Waals surface area contributed by atoms with Crippen LogP contribution < -0.4 is 0 Å². The van der Waals surface area contributed by atoms with Gasteiger partial charge in [-0.1, -0.05) is 0 Å². The van der Waals surface area contributed by atoms with Crippen molar-refractivity contribution >= 4 is 11.9 Å². The Balaban J connectivity index is 2.16. The number of phenolic OH excluding ortho intramolecular Hbond substituents is 1. The number of ketones is 1. The van der Waals surface area contributed by atoms with E-state index < -0.39 is 0 Å². The summed E-state index contributed by atoms with van der Waals surface area (Å²) in [6.45, 7) is 1.90. The third-order valence-corrected chi connectivity index (χ3v) is 2.60. The largest absolute Gasteiger partial charge is 0.508 e. The van der Waals surface area contributed by atoms with Crippen molar-refractivity contribution in [2.75, 3.05) is 0 Å². The lowest BCUT2D eigenvalue weighted by molar-refractivity contribution is 0.104. The summed E-state index contributed by atoms with van der Waals surface area (Å²) >= 11 is 0. The molecule has 0 radical (unpaired) electrons. The molecule has 0 saturated heterocycles. The fourth-order valence-corrected chi connectivity index (χ4v) is 1.67. The molecule has 0 aliphatic carbocycles. The summed E-state index contributed by atoms with van der Waals surface area (Å²) in [4.78, 5) is 11.8. The van der Waals surface area contributed by atoms with Crippen LogP contribution in [-0.4, -0.2) is 20.7 Å². The highest BCUT2D eigenvalue weighted by Crippen LogP contribution is 2.11. The standard InChI is InChI=1S/C14H14N2O2/c1-10-9-12(16(2)15-10)5-8-14(18)11-3-6-13(17)7-4-11/h3-9,17H,1-2H3/b8-5+. The first-order chi connectivity index (χ1) is 8.56. The summed E-state index contributed by atoms with van der Waals surface area (Å²) in [5, 5.41) is 13.3. The van der Waals surface area contributed by atoms with E-state index in [2.05, 4.69) is 5.10 Å². The van der Waals surface area contributed by atoms with Gasteiger partial charge in [-0.25, -0.2) is 0 Å². The number of hydrogen-bond acceptors (Lipinski definition) is 3. The van der Waals surface area contributed by atoms with Crippen LogP contribution in [0.25, 0.3) is 6.08 Å². The van der Waals surface area contributed by atoms with Gasteiger partial charge in [-0.05, 0) is 49.4 Å². The zero-order valence-corrected chi connectivity index (χ0v) is 10.3. The molecular weight excluding hydrogens is 228 g/mol. The molecule has 0 amide bonds. The van der Waals surface area contributed by atoms with E-state index in [-0.39, 0.29) is 11.5 Å². The molecule has 0 bridgehead atoms. The summed E-state index contributed by atoms with van der Waals surface area (Å²) in [5.74, 6) is 0.0478. The Hall–Kier alpha value is -2.36. The zero-order chi connectivity index (χ0) is 13.1. The highest BCUT2D eigenvalue weighted by atomic mass is 16.3. The van der Waals surface area contributed by atoms with Gasteiger partial charge in [0.15, 0.2) is 5.78 Å². The Morgan fingerprint density at radius 3 is 2.56 bits per heavy atom. The fraction of sp³-hybridized carbons (Fsp3) is 0.143. The maximum Gasteiger partial charge on any atom is 0.185 e. The van der Waals surface area contributed by atoms with E-state index in [9.17, 15) is 4.79 Å². The lowest BCUT2D eigenvalue weighted by atomic mass is 10.1. The number of phenols is 1. The summed E-state index contributed by atoms with van der Waals surface area (Å²) in [5.41, 5.74) is 2.33. The molecule has 1 N–H and O–H groups in total. The Morgan fingerprint density at radius 1 is 1.33 bits per heavy atom. The molecule has 0 aliphatic heterocycles. The molecule has 1 heterocycles. The van der Waals surface area contributed by atoms with Crippen LogP contribution in [0.4, 0.5) is 0 Å². The van der Waals surface area contributed by atoms with Crippen LogP contribution in [0.15, 0.2) is 36.4 Å². The number of nitrogens with zero attached hydrogens (tertiary/aromatic N) is 2. The van der Waals surface area contributed by atoms with E-state index >= 15 is 0 Å². The van der Waals surface area contributed by atoms with Crippen LogP contribution >= 0.6 is 0 Å². The van der Waals surface area contributed by atoms with Gasteiger partial charge < -0.3 is 5.11 Å². The van der Waals surface area contributed by atoms with Gasteiger partial charge >= 0.3 is 0 Å². The minimum atomic E-state index is -0.103. The maximum absolute atomic E-state index is 11.8. The molecular formula is C14H14N2O2. The van der Waals surface area contributed by atoms with Crippen LogP contribution in [0, 0.1) is 6.92 Å². The summed E-state index contributed by atoms with van der Waals surface area (Å²) in [6.07, 6.45) is 3.23. The summed E-state index contributed by atoms with van der Waals surface area (Å²) in [6, 6.07) is 8.08. The van der Waals surface area contributed by atoms with Gasteiger partial charge in [-0.3, -0.25) is 9.48 Å². The first-order valence-corrected chi connectivity index (χ1v) is 5.58. The smallest absolute Gasteiger partial charge is 0.185 e. The van der Waals surface area contributed by atoms with Crippen LogP contribution in [0.1, 0.15) is 21.7 Å². The number of rotatable bonds is 3. The van der Waals surface area contributed by atoms with Gasteiger partial charge in [0.1, 0.15) is 5.75 Å². The highest BCUT2D eigenvalue weighted by molar-refractivity contribution is 6.06. The van der Waals surface area contributed by atoms with Crippen LogP contribution in [0.2, 0.25) is 0 Å². The van der Waals surface area contributed by atoms with Crippen LogP contribution in [0.5, 0.6) is 5.75 Å². The fourth-order valence-electron chi connectivity index (χ4n) is 1.67. The topological polar surface area (TPSA) is 55.1 Å². The summed E-state index contributed by atoms with van der Waals surface area (Å²) in [7, 11) is 1.83. The summed E-state index contributed by atoms with van der Waals surface area (Å²) < 4.78 is 1.72. The quantitative estimate of drug-likeness (QED) is 0.664. The minimum absolute atomic E-state index is 0.103. The molecule has 0 aliphatic rings. The Bertz CT molecular complexity index is 595. The van der Waals surface area contributed by atoms with Crippen molar-refractivity contribution in [3.63, 3.8) is 0 Å². The molecule has 0 spiro atoms. The number of carbonyl (C=O) groups is 1. The van der Waals surface area contributed by atoms with E-state index in [1.807, 2.05) is 20.0 Å². The van der Waals surface area contributed by atoms with E-state index in [1.54, 1.807) is 22.9 Å². The predicted octanol–water partition coefficient (Wildman–Crippen LogP) is 2.33. The number of benzene rings is 1. The van der Waals surface area contributed by atoms with Gasteiger partial charge in [0, 0.05) is 12.6 Å². The van der Waals surface area contributed by atoms with Gasteiger partial charge in [-0.15, -0.1) is 0 Å². The minimum Gasteiger partial charge on any atom is -0.508 e. The van der Waals surface area contributed by atoms with Crippen molar-refractivity contribution < 1.29 is 9.90 Å². The van der Waals surface area contributed by atoms with E-state index in [0.29, 0.717) is 5.56 Å². The average Bonchev–Trinajstić information content (AvgIpc) is 2.66. The van der Waals surface area contributed by atoms with Gasteiger partial charge in [0.25, 0.3) is 0 Å². The van der Waals surface area contributed by atoms with Crippen molar-refractivity contribution in [1.29, 1.82) is 0 Å². The number of carbonyl (C=O) groups excluding carboxylic acids is 1. The van der Waals surface area contributed by atoms with Crippen molar-refractivity contribution in [1.82, 2.24) is 9.78 Å². The van der Waals surface area contributed by atoms with E-state index in [0.717, 1.165) is 11.4 Å². The second-order valence-electron chi connectivity index (χ2n) is 4.08. The number of allylic oxidation sites excluding steroid dienone is 1. The van der Waals surface area contributed by atoms with Gasteiger partial charge in [0.05, 0.1) is 11.4 Å². The Labute approximate surface area is 105 Å². The van der Waals surface area contributed by atoms with Crippen LogP contribution in [0.3, 0.4) is 0 Å². The molecule has 4 nitrogen and oxygen atoms in total. The number of aromatic nitrogens is 2. The van der Waals surface area contributed by atoms with Gasteiger partial charge in [0.2, 0.25) is 0 Å². The predicted molar refractivity (Wildman–Crippen MR) is 69.4 cm³/mol. The molecule has 2 aromatic rings. The molecule has 2 rings (SSSR count). The first kappa shape index (κ1) is 12.1. The van der Waals surface area contributed by atoms with E-state index in [4.69, 9.17) is 5.11 Å². The SMILES string of the molecule is Cc1cc(/C=C/C(=O)c2ccc(O)cc2)n(C)n1. The monoisotopic (exact) mass is 242 g/mol. The molecule has 0 saturated carbocycles. The second kappa shape index (κ2) is 4.87. The molecule has 4 heteroatoms. The average molecular weight is 242 g/mol. The number of hydrogen-bond donors (Lipinski definition) is 1.